The van der Waals surface area contributed by atoms with Crippen LogP contribution < -0.4 is 11.1 Å². The van der Waals surface area contributed by atoms with Gasteiger partial charge >= 0.3 is 0 Å². The van der Waals surface area contributed by atoms with Gasteiger partial charge in [-0.2, -0.15) is 4.98 Å². The largest absolute Gasteiger partial charge is 0.481 e. The third-order valence-electron chi connectivity index (χ3n) is 3.55. The number of fused-ring (bicyclic) bond motifs is 1. The molecule has 0 radical (unpaired) electrons. The lowest BCUT2D eigenvalue weighted by molar-refractivity contribution is -0.134. The number of nitrogen functional groups attached to an aromatic ring is 1. The quantitative estimate of drug-likeness (QED) is 0.597. The van der Waals surface area contributed by atoms with Gasteiger partial charge in [0.05, 0.1) is 6.54 Å². The molecule has 2 aromatic rings. The van der Waals surface area contributed by atoms with Crippen LogP contribution in [-0.4, -0.2) is 44.3 Å². The maximum Gasteiger partial charge on any atom is 0.300 e. The van der Waals surface area contributed by atoms with E-state index in [1.54, 1.807) is 12.3 Å². The first-order chi connectivity index (χ1) is 12.9. The molecule has 5 N–H and O–H groups in total. The minimum Gasteiger partial charge on any atom is -0.481 e. The number of benzene rings is 1. The molecule has 1 aromatic carbocycles. The Bertz CT molecular complexity index is 863. The number of aliphatic imine (C=N–C) groups is 1. The lowest BCUT2D eigenvalue weighted by Crippen LogP contribution is -2.14. The topological polar surface area (TPSA) is 151 Å². The molecule has 9 nitrogen and oxygen atoms in total. The lowest BCUT2D eigenvalue weighted by atomic mass is 10.00. The molecular weight excluding hydrogens is 350 g/mol. The summed E-state index contributed by atoms with van der Waals surface area (Å²) in [6.45, 7) is 1.60. The van der Waals surface area contributed by atoms with Crippen LogP contribution in [0.2, 0.25) is 0 Å². The van der Waals surface area contributed by atoms with E-state index in [4.69, 9.17) is 20.7 Å². The number of hydrogen-bond acceptors (Lipinski definition) is 8. The fraction of sp³-hybridized carbons (Fsp3) is 0.278. The van der Waals surface area contributed by atoms with Crippen LogP contribution >= 0.6 is 0 Å². The molecule has 0 fully saturated rings. The van der Waals surface area contributed by atoms with E-state index in [2.05, 4.69) is 20.3 Å². The molecular formula is C18H21N5O4. The van der Waals surface area contributed by atoms with E-state index in [1.807, 2.05) is 18.2 Å². The van der Waals surface area contributed by atoms with Crippen molar-refractivity contribution in [1.29, 1.82) is 0 Å². The van der Waals surface area contributed by atoms with Gasteiger partial charge in [0, 0.05) is 37.4 Å². The van der Waals surface area contributed by atoms with Gasteiger partial charge in [-0.05, 0) is 30.2 Å². The summed E-state index contributed by atoms with van der Waals surface area (Å²) in [5, 5.41) is 19.4. The maximum absolute atomic E-state index is 12.2. The second-order valence-electron chi connectivity index (χ2n) is 5.73. The van der Waals surface area contributed by atoms with Crippen molar-refractivity contribution in [2.45, 2.75) is 26.3 Å². The Hall–Kier alpha value is -3.33. The van der Waals surface area contributed by atoms with Crippen molar-refractivity contribution in [3.63, 3.8) is 0 Å². The molecule has 9 heteroatoms. The minimum atomic E-state index is -0.833. The van der Waals surface area contributed by atoms with Gasteiger partial charge in [0.2, 0.25) is 5.95 Å². The number of aliphatic hydroxyl groups excluding tert-OH is 1. The summed E-state index contributed by atoms with van der Waals surface area (Å²) in [7, 11) is 0. The normalized spacial score (nSPS) is 11.7. The van der Waals surface area contributed by atoms with Crippen LogP contribution in [0.3, 0.4) is 0 Å². The number of aromatic nitrogens is 2. The number of carbonyl (C=O) groups excluding carboxylic acids is 1. The van der Waals surface area contributed by atoms with Crippen molar-refractivity contribution in [3.05, 3.63) is 41.6 Å². The van der Waals surface area contributed by atoms with Crippen LogP contribution in [0.4, 0.5) is 17.5 Å². The highest BCUT2D eigenvalue weighted by atomic mass is 16.4. The number of carboxylic acids is 1. The number of nitrogens with two attached hydrogens (primary N) is 1. The summed E-state index contributed by atoms with van der Waals surface area (Å²) >= 11 is 0. The predicted molar refractivity (Wildman–Crippen MR) is 101 cm³/mol. The molecule has 0 spiro atoms. The summed E-state index contributed by atoms with van der Waals surface area (Å²) in [4.78, 5) is 33.4. The molecule has 0 bridgehead atoms. The molecule has 0 amide bonds. The molecule has 0 unspecified atom stereocenters. The molecule has 0 saturated carbocycles. The van der Waals surface area contributed by atoms with Crippen molar-refractivity contribution in [2.75, 3.05) is 17.7 Å². The van der Waals surface area contributed by atoms with E-state index >= 15 is 0 Å². The molecule has 0 saturated heterocycles. The summed E-state index contributed by atoms with van der Waals surface area (Å²) in [5.74, 6) is -0.0978. The number of rotatable bonds is 6. The van der Waals surface area contributed by atoms with E-state index in [1.165, 1.54) is 0 Å². The van der Waals surface area contributed by atoms with Crippen LogP contribution in [0, 0.1) is 0 Å². The Morgan fingerprint density at radius 3 is 2.70 bits per heavy atom. The SMILES string of the molecule is CC(=O)O.Nc1nccc(Nc2ccc3c(c2)C(C(=O)CCCO)=NC3)n1. The molecule has 1 aromatic heterocycles. The van der Waals surface area contributed by atoms with Crippen LogP contribution in [-0.2, 0) is 16.1 Å². The van der Waals surface area contributed by atoms with Crippen LogP contribution in [0.1, 0.15) is 30.9 Å². The molecule has 142 valence electrons. The number of hydrogen-bond donors (Lipinski definition) is 4. The average molecular weight is 371 g/mol. The Morgan fingerprint density at radius 2 is 2.04 bits per heavy atom. The van der Waals surface area contributed by atoms with Crippen molar-refractivity contribution < 1.29 is 19.8 Å². The van der Waals surface area contributed by atoms with Crippen molar-refractivity contribution in [1.82, 2.24) is 9.97 Å². The number of nitrogens with one attached hydrogen (secondary N) is 1. The number of anilines is 3. The second-order valence-corrected chi connectivity index (χ2v) is 5.73. The van der Waals surface area contributed by atoms with Gasteiger partial charge in [0.25, 0.3) is 5.97 Å². The fourth-order valence-corrected chi connectivity index (χ4v) is 2.45. The number of aliphatic hydroxyl groups is 1. The van der Waals surface area contributed by atoms with Gasteiger partial charge in [0.1, 0.15) is 11.5 Å². The molecule has 0 atom stereocenters. The summed E-state index contributed by atoms with van der Waals surface area (Å²) in [6.07, 6.45) is 2.32. The van der Waals surface area contributed by atoms with Gasteiger partial charge in [-0.15, -0.1) is 0 Å². The molecule has 1 aliphatic rings. The maximum atomic E-state index is 12.2. The van der Waals surface area contributed by atoms with Crippen LogP contribution in [0.15, 0.2) is 35.5 Å². The Morgan fingerprint density at radius 1 is 1.30 bits per heavy atom. The highest BCUT2D eigenvalue weighted by Crippen LogP contribution is 2.25. The zero-order valence-corrected chi connectivity index (χ0v) is 14.8. The first kappa shape index (κ1) is 20.0. The smallest absolute Gasteiger partial charge is 0.300 e. The van der Waals surface area contributed by atoms with Crippen LogP contribution in [0.5, 0.6) is 0 Å². The molecule has 1 aliphatic heterocycles. The standard InChI is InChI=1S/C16H17N5O2.C2H4O2/c17-16-18-6-5-14(21-16)20-11-4-3-10-9-19-15(12(10)8-11)13(23)2-1-7-22;1-2(3)4/h3-6,8,22H,1-2,7,9H2,(H3,17,18,20,21);1H3,(H,3,4). The fourth-order valence-electron chi connectivity index (χ4n) is 2.45. The number of aliphatic carboxylic acids is 1. The van der Waals surface area contributed by atoms with Gasteiger partial charge in [-0.1, -0.05) is 6.07 Å². The van der Waals surface area contributed by atoms with Gasteiger partial charge in [-0.3, -0.25) is 14.6 Å². The number of nitrogens with zero attached hydrogens (tertiary/aromatic N) is 3. The highest BCUT2D eigenvalue weighted by molar-refractivity contribution is 6.47. The number of Topliss-reactive ketones (excluding diaryl/α,β-unsaturated/α-hetero) is 1. The molecule has 3 rings (SSSR count). The van der Waals surface area contributed by atoms with E-state index in [-0.39, 0.29) is 18.3 Å². The first-order valence-corrected chi connectivity index (χ1v) is 8.27. The van der Waals surface area contributed by atoms with Gasteiger partial charge in [0.15, 0.2) is 5.78 Å². The van der Waals surface area contributed by atoms with E-state index in [9.17, 15) is 4.79 Å². The zero-order valence-electron chi connectivity index (χ0n) is 14.8. The minimum absolute atomic E-state index is 0.00259. The number of ketones is 1. The van der Waals surface area contributed by atoms with E-state index in [0.717, 1.165) is 23.7 Å². The molecule has 27 heavy (non-hydrogen) atoms. The Labute approximate surface area is 156 Å². The third-order valence-corrected chi connectivity index (χ3v) is 3.55. The second kappa shape index (κ2) is 9.39. The van der Waals surface area contributed by atoms with Gasteiger partial charge < -0.3 is 21.3 Å². The third kappa shape index (κ3) is 5.86. The van der Waals surface area contributed by atoms with Crippen LogP contribution in [0.25, 0.3) is 0 Å². The van der Waals surface area contributed by atoms with Crippen molar-refractivity contribution >= 4 is 34.9 Å². The summed E-state index contributed by atoms with van der Waals surface area (Å²) in [6, 6.07) is 7.45. The van der Waals surface area contributed by atoms with Crippen molar-refractivity contribution in [2.24, 2.45) is 4.99 Å². The highest BCUT2D eigenvalue weighted by Gasteiger charge is 2.22. The van der Waals surface area contributed by atoms with E-state index in [0.29, 0.717) is 30.9 Å². The summed E-state index contributed by atoms with van der Waals surface area (Å²) in [5.41, 5.74) is 8.70. The Balaban J connectivity index is 0.000000596. The first-order valence-electron chi connectivity index (χ1n) is 8.27. The predicted octanol–water partition coefficient (Wildman–Crippen LogP) is 1.54. The van der Waals surface area contributed by atoms with Gasteiger partial charge in [-0.25, -0.2) is 4.98 Å². The summed E-state index contributed by atoms with van der Waals surface area (Å²) < 4.78 is 0. The zero-order chi connectivity index (χ0) is 19.8. The lowest BCUT2D eigenvalue weighted by Gasteiger charge is -2.09. The average Bonchev–Trinajstić information content (AvgIpc) is 3.02. The Kier molecular flexibility index (Phi) is 6.95. The molecule has 2 heterocycles. The monoisotopic (exact) mass is 371 g/mol. The van der Waals surface area contributed by atoms with Crippen molar-refractivity contribution in [3.8, 4) is 0 Å². The van der Waals surface area contributed by atoms with E-state index < -0.39 is 5.97 Å². The number of carbonyl (C=O) groups is 2. The number of carboxylic acid groups (broad SMARTS) is 1. The molecule has 0 aliphatic carbocycles.